The van der Waals surface area contributed by atoms with Crippen LogP contribution in [0.5, 0.6) is 0 Å². The Bertz CT molecular complexity index is 996. The van der Waals surface area contributed by atoms with Gasteiger partial charge in [-0.25, -0.2) is 37.7 Å². The van der Waals surface area contributed by atoms with Crippen LogP contribution < -0.4 is 17.1 Å². The average molecular weight is 517 g/mol. The van der Waals surface area contributed by atoms with Gasteiger partial charge >= 0.3 is 35.3 Å². The van der Waals surface area contributed by atoms with Crippen LogP contribution in [0.3, 0.4) is 0 Å². The molecule has 1 aromatic rings. The van der Waals surface area contributed by atoms with Crippen LogP contribution in [0.15, 0.2) is 14.4 Å². The first-order chi connectivity index (χ1) is 17.3. The largest absolute Gasteiger partial charge is 0.508 e. The maximum absolute atomic E-state index is 12.9. The molecule has 3 unspecified atom stereocenters. The van der Waals surface area contributed by atoms with Gasteiger partial charge in [0.15, 0.2) is 12.2 Å². The first kappa shape index (κ1) is 25.4. The summed E-state index contributed by atoms with van der Waals surface area (Å²) in [5, 5.41) is 0. The van der Waals surface area contributed by atoms with Gasteiger partial charge in [0, 0.05) is 6.42 Å². The first-order valence-electron chi connectivity index (χ1n) is 10.9. The number of hydrogen-bond acceptors (Lipinski definition) is 14. The Morgan fingerprint density at radius 2 is 1.03 bits per heavy atom. The van der Waals surface area contributed by atoms with Crippen molar-refractivity contribution in [1.82, 2.24) is 13.7 Å². The second-order valence-electron chi connectivity index (χ2n) is 7.88. The molecule has 17 heteroatoms. The van der Waals surface area contributed by atoms with E-state index in [1.165, 1.54) is 0 Å². The molecule has 0 N–H and O–H groups in total. The molecule has 0 saturated carbocycles. The Kier molecular flexibility index (Phi) is 8.01. The van der Waals surface area contributed by atoms with Crippen molar-refractivity contribution in [3.05, 3.63) is 31.5 Å². The Morgan fingerprint density at radius 1 is 0.611 bits per heavy atom. The monoisotopic (exact) mass is 517 g/mol. The number of aromatic nitrogens is 3. The first-order valence-corrected chi connectivity index (χ1v) is 10.9. The molecule has 17 nitrogen and oxygen atoms in total. The molecule has 36 heavy (non-hydrogen) atoms. The standard InChI is InChI=1S/C19H23N3O14/c23-14-2-1-11(34-14)3-29-8-20-15(24)21(9-30-4-12-6-32-18(27)35-12)17(26)22(16(20)25)10-31-5-13-7-33-19(28)36-13/h11-13H,1-10H2. The van der Waals surface area contributed by atoms with Crippen LogP contribution in [-0.4, -0.2) is 83.3 Å². The minimum atomic E-state index is -1.04. The summed E-state index contributed by atoms with van der Waals surface area (Å²) in [6.07, 6.45) is -3.01. The van der Waals surface area contributed by atoms with Gasteiger partial charge in [-0.05, 0) is 6.42 Å². The van der Waals surface area contributed by atoms with E-state index in [-0.39, 0.29) is 45.4 Å². The second-order valence-corrected chi connectivity index (χ2v) is 7.88. The Hall–Kier alpha value is -3.70. The second kappa shape index (κ2) is 11.4. The van der Waals surface area contributed by atoms with E-state index in [0.29, 0.717) is 20.1 Å². The minimum Gasteiger partial charge on any atom is -0.460 e. The molecule has 3 aliphatic heterocycles. The third-order valence-electron chi connectivity index (χ3n) is 5.23. The van der Waals surface area contributed by atoms with Gasteiger partial charge in [-0.1, -0.05) is 0 Å². The third kappa shape index (κ3) is 6.10. The lowest BCUT2D eigenvalue weighted by molar-refractivity contribution is -0.144. The highest BCUT2D eigenvalue weighted by molar-refractivity contribution is 5.71. The quantitative estimate of drug-likeness (QED) is 0.216. The molecule has 0 spiro atoms. The van der Waals surface area contributed by atoms with E-state index < -0.39 is 67.9 Å². The van der Waals surface area contributed by atoms with Crippen molar-refractivity contribution in [3.63, 3.8) is 0 Å². The van der Waals surface area contributed by atoms with Crippen molar-refractivity contribution in [2.24, 2.45) is 0 Å². The van der Waals surface area contributed by atoms with Crippen LogP contribution in [-0.2, 0) is 62.9 Å². The molecule has 4 rings (SSSR count). The zero-order valence-corrected chi connectivity index (χ0v) is 18.9. The van der Waals surface area contributed by atoms with E-state index in [4.69, 9.17) is 28.4 Å². The van der Waals surface area contributed by atoms with Gasteiger partial charge in [0.25, 0.3) is 0 Å². The van der Waals surface area contributed by atoms with Crippen molar-refractivity contribution in [2.75, 3.05) is 33.0 Å². The van der Waals surface area contributed by atoms with Crippen LogP contribution in [0, 0.1) is 0 Å². The molecule has 0 amide bonds. The zero-order valence-electron chi connectivity index (χ0n) is 18.9. The van der Waals surface area contributed by atoms with E-state index in [1.54, 1.807) is 0 Å². The number of esters is 1. The highest BCUT2D eigenvalue weighted by Gasteiger charge is 2.27. The van der Waals surface area contributed by atoms with Gasteiger partial charge in [0.1, 0.15) is 39.5 Å². The Labute approximate surface area is 200 Å². The molecule has 3 fully saturated rings. The third-order valence-corrected chi connectivity index (χ3v) is 5.23. The molecule has 0 aromatic carbocycles. The van der Waals surface area contributed by atoms with E-state index in [0.717, 1.165) is 0 Å². The molecular formula is C19H23N3O14. The predicted molar refractivity (Wildman–Crippen MR) is 109 cm³/mol. The van der Waals surface area contributed by atoms with Crippen LogP contribution in [0.2, 0.25) is 0 Å². The number of rotatable bonds is 12. The van der Waals surface area contributed by atoms with Crippen LogP contribution >= 0.6 is 0 Å². The van der Waals surface area contributed by atoms with Gasteiger partial charge in [-0.3, -0.25) is 4.79 Å². The highest BCUT2D eigenvalue weighted by atomic mass is 16.8. The van der Waals surface area contributed by atoms with Gasteiger partial charge < -0.3 is 37.9 Å². The summed E-state index contributed by atoms with van der Waals surface area (Å²) >= 11 is 0. The summed E-state index contributed by atoms with van der Waals surface area (Å²) in [5.74, 6) is -0.373. The van der Waals surface area contributed by atoms with Crippen LogP contribution in [0.4, 0.5) is 9.59 Å². The molecule has 3 saturated heterocycles. The summed E-state index contributed by atoms with van der Waals surface area (Å²) in [7, 11) is 0. The molecule has 198 valence electrons. The van der Waals surface area contributed by atoms with Gasteiger partial charge in [-0.15, -0.1) is 0 Å². The lowest BCUT2D eigenvalue weighted by Crippen LogP contribution is -2.55. The summed E-state index contributed by atoms with van der Waals surface area (Å²) < 4.78 is 41.8. The van der Waals surface area contributed by atoms with Gasteiger partial charge in [0.2, 0.25) is 0 Å². The lowest BCUT2D eigenvalue weighted by atomic mass is 10.2. The zero-order chi connectivity index (χ0) is 25.7. The van der Waals surface area contributed by atoms with Crippen molar-refractivity contribution in [1.29, 1.82) is 0 Å². The van der Waals surface area contributed by atoms with E-state index in [9.17, 15) is 28.8 Å². The normalized spacial score (nSPS) is 23.2. The number of ether oxygens (including phenoxy) is 8. The Morgan fingerprint density at radius 3 is 1.36 bits per heavy atom. The van der Waals surface area contributed by atoms with Gasteiger partial charge in [-0.2, -0.15) is 0 Å². The van der Waals surface area contributed by atoms with Crippen molar-refractivity contribution >= 4 is 18.3 Å². The van der Waals surface area contributed by atoms with E-state index in [1.807, 2.05) is 0 Å². The average Bonchev–Trinajstić information content (AvgIpc) is 3.57. The van der Waals surface area contributed by atoms with Crippen LogP contribution in [0.25, 0.3) is 0 Å². The summed E-state index contributed by atoms with van der Waals surface area (Å²) in [6.45, 7) is -2.24. The topological polar surface area (TPSA) is 191 Å². The summed E-state index contributed by atoms with van der Waals surface area (Å²) in [4.78, 5) is 71.9. The smallest absolute Gasteiger partial charge is 0.460 e. The molecular weight excluding hydrogens is 494 g/mol. The minimum absolute atomic E-state index is 0.0552. The maximum atomic E-state index is 12.9. The van der Waals surface area contributed by atoms with Crippen LogP contribution in [0.1, 0.15) is 12.8 Å². The number of nitrogens with zero attached hydrogens (tertiary/aromatic N) is 3. The fraction of sp³-hybridized carbons (Fsp3) is 0.684. The van der Waals surface area contributed by atoms with Crippen molar-refractivity contribution in [2.45, 2.75) is 51.3 Å². The Balaban J connectivity index is 1.46. The molecule has 0 radical (unpaired) electrons. The highest BCUT2D eigenvalue weighted by Crippen LogP contribution is 2.13. The van der Waals surface area contributed by atoms with E-state index >= 15 is 0 Å². The number of carbonyl (C=O) groups excluding carboxylic acids is 3. The SMILES string of the molecule is O=C1CCC(COCn2c(=O)n(COCC3COC(=O)O3)c(=O)n(COCC3COC(=O)O3)c2=O)O1. The van der Waals surface area contributed by atoms with E-state index in [2.05, 4.69) is 9.47 Å². The summed E-state index contributed by atoms with van der Waals surface area (Å²) in [5.41, 5.74) is -3.09. The fourth-order valence-corrected chi connectivity index (χ4v) is 3.43. The number of hydrogen-bond donors (Lipinski definition) is 0. The summed E-state index contributed by atoms with van der Waals surface area (Å²) in [6, 6.07) is 0. The van der Waals surface area contributed by atoms with Crippen molar-refractivity contribution < 1.29 is 52.3 Å². The van der Waals surface area contributed by atoms with Crippen molar-refractivity contribution in [3.8, 4) is 0 Å². The molecule has 3 atom stereocenters. The predicted octanol–water partition coefficient (Wildman–Crippen LogP) is -2.13. The van der Waals surface area contributed by atoms with Gasteiger partial charge in [0.05, 0.1) is 19.8 Å². The number of carbonyl (C=O) groups is 3. The lowest BCUT2D eigenvalue weighted by Gasteiger charge is -2.16. The molecule has 0 aliphatic carbocycles. The fourth-order valence-electron chi connectivity index (χ4n) is 3.43. The maximum Gasteiger partial charge on any atom is 0.508 e. The molecule has 0 bridgehead atoms. The molecule has 3 aliphatic rings. The molecule has 1 aromatic heterocycles. The number of cyclic esters (lactones) is 5. The molecule has 4 heterocycles.